The predicted octanol–water partition coefficient (Wildman–Crippen LogP) is 3.50. The van der Waals surface area contributed by atoms with Crippen molar-refractivity contribution in [3.05, 3.63) is 35.5 Å². The van der Waals surface area contributed by atoms with Gasteiger partial charge in [-0.2, -0.15) is 0 Å². The van der Waals surface area contributed by atoms with Gasteiger partial charge < -0.3 is 5.73 Å². The summed E-state index contributed by atoms with van der Waals surface area (Å²) in [5.41, 5.74) is 6.99. The Morgan fingerprint density at radius 2 is 1.86 bits per heavy atom. The van der Waals surface area contributed by atoms with Crippen molar-refractivity contribution in [1.29, 1.82) is 0 Å². The lowest BCUT2D eigenvalue weighted by molar-refractivity contribution is 1.41. The second-order valence-corrected chi connectivity index (χ2v) is 2.92. The molecule has 0 amide bonds. The fraction of sp³-hybridized carbons (Fsp3) is 0.182. The number of benzene rings is 1. The molecule has 0 radical (unpaired) electrons. The topological polar surface area (TPSA) is 38.9 Å². The van der Waals surface area contributed by atoms with E-state index in [0.29, 0.717) is 10.7 Å². The molecule has 2 aromatic rings. The van der Waals surface area contributed by atoms with E-state index in [1.807, 2.05) is 38.1 Å². The highest BCUT2D eigenvalue weighted by Gasteiger charge is 2.01. The lowest BCUT2D eigenvalue weighted by Gasteiger charge is -2.01. The summed E-state index contributed by atoms with van der Waals surface area (Å²) in [6.45, 7) is 4.00. The number of nitrogens with two attached hydrogens (primary N) is 1. The number of aromatic nitrogens is 1. The molecule has 2 N–H and O–H groups in total. The van der Waals surface area contributed by atoms with Crippen molar-refractivity contribution in [2.75, 3.05) is 5.73 Å². The van der Waals surface area contributed by atoms with Crippen molar-refractivity contribution in [1.82, 2.24) is 4.98 Å². The van der Waals surface area contributed by atoms with E-state index in [1.165, 1.54) is 0 Å². The van der Waals surface area contributed by atoms with Crippen LogP contribution in [0.3, 0.4) is 0 Å². The Hall–Kier alpha value is -1.28. The number of pyridine rings is 1. The molecule has 1 aromatic carbocycles. The van der Waals surface area contributed by atoms with Crippen molar-refractivity contribution in [3.63, 3.8) is 0 Å². The largest absolute Gasteiger partial charge is 0.396 e. The molecule has 0 spiro atoms. The van der Waals surface area contributed by atoms with E-state index in [-0.39, 0.29) is 0 Å². The molecule has 0 aliphatic carbocycles. The Bertz CT molecular complexity index is 427. The molecule has 14 heavy (non-hydrogen) atoms. The molecule has 0 aliphatic heterocycles. The number of hydrogen-bond donors (Lipinski definition) is 1. The Kier molecular flexibility index (Phi) is 3.72. The van der Waals surface area contributed by atoms with Crippen molar-refractivity contribution in [3.8, 4) is 0 Å². The van der Waals surface area contributed by atoms with E-state index in [4.69, 9.17) is 17.3 Å². The third kappa shape index (κ3) is 1.96. The molecule has 0 fully saturated rings. The van der Waals surface area contributed by atoms with Crippen LogP contribution in [0.2, 0.25) is 5.02 Å². The van der Waals surface area contributed by atoms with Crippen LogP contribution in [0.15, 0.2) is 30.5 Å². The minimum Gasteiger partial charge on any atom is -0.396 e. The van der Waals surface area contributed by atoms with Gasteiger partial charge in [-0.25, -0.2) is 0 Å². The highest BCUT2D eigenvalue weighted by Crippen LogP contribution is 2.26. The predicted molar refractivity (Wildman–Crippen MR) is 62.5 cm³/mol. The first-order valence-corrected chi connectivity index (χ1v) is 4.95. The molecule has 0 atom stereocenters. The first kappa shape index (κ1) is 10.8. The maximum atomic E-state index is 5.96. The quantitative estimate of drug-likeness (QED) is 0.720. The van der Waals surface area contributed by atoms with Gasteiger partial charge in [0.25, 0.3) is 0 Å². The fourth-order valence-corrected chi connectivity index (χ4v) is 1.33. The lowest BCUT2D eigenvalue weighted by Crippen LogP contribution is -1.89. The summed E-state index contributed by atoms with van der Waals surface area (Å²) >= 11 is 5.96. The molecule has 2 rings (SSSR count). The second kappa shape index (κ2) is 4.82. The minimum atomic E-state index is 0.523. The fourth-order valence-electron chi connectivity index (χ4n) is 1.12. The molecule has 0 saturated carbocycles. The zero-order chi connectivity index (χ0) is 10.6. The van der Waals surface area contributed by atoms with E-state index >= 15 is 0 Å². The zero-order valence-electron chi connectivity index (χ0n) is 8.29. The molecule has 0 bridgehead atoms. The summed E-state index contributed by atoms with van der Waals surface area (Å²) < 4.78 is 0. The smallest absolute Gasteiger partial charge is 0.0745 e. The van der Waals surface area contributed by atoms with E-state index in [0.717, 1.165) is 10.9 Å². The molecule has 0 aliphatic rings. The second-order valence-electron chi connectivity index (χ2n) is 2.54. The Morgan fingerprint density at radius 3 is 2.57 bits per heavy atom. The van der Waals surface area contributed by atoms with Gasteiger partial charge in [-0.15, -0.1) is 0 Å². The standard InChI is InChI=1S/C9H7ClN2.C2H6/c10-9-6-3-1-2-4-8(6)12-5-7(9)11;1-2/h1-5H,11H2;1-2H3. The minimum absolute atomic E-state index is 0.523. The van der Waals surface area contributed by atoms with Crippen LogP contribution in [0.5, 0.6) is 0 Å². The number of fused-ring (bicyclic) bond motifs is 1. The number of rotatable bonds is 0. The number of para-hydroxylation sites is 1. The first-order valence-electron chi connectivity index (χ1n) is 4.58. The average Bonchev–Trinajstić information content (AvgIpc) is 2.27. The SMILES string of the molecule is CC.Nc1cnc2ccccc2c1Cl. The van der Waals surface area contributed by atoms with Crippen LogP contribution < -0.4 is 5.73 Å². The molecular weight excluding hydrogens is 196 g/mol. The number of hydrogen-bond acceptors (Lipinski definition) is 2. The van der Waals surface area contributed by atoms with E-state index in [9.17, 15) is 0 Å². The Morgan fingerprint density at radius 1 is 1.21 bits per heavy atom. The van der Waals surface area contributed by atoms with Crippen molar-refractivity contribution in [2.24, 2.45) is 0 Å². The monoisotopic (exact) mass is 208 g/mol. The van der Waals surface area contributed by atoms with Crippen LogP contribution in [-0.2, 0) is 0 Å². The molecule has 3 heteroatoms. The Labute approximate surface area is 88.7 Å². The normalized spacial score (nSPS) is 9.36. The third-order valence-corrected chi connectivity index (χ3v) is 2.16. The van der Waals surface area contributed by atoms with Crippen LogP contribution in [0, 0.1) is 0 Å². The number of anilines is 1. The van der Waals surface area contributed by atoms with Crippen LogP contribution in [-0.4, -0.2) is 4.98 Å². The molecular formula is C11H13ClN2. The third-order valence-electron chi connectivity index (χ3n) is 1.74. The van der Waals surface area contributed by atoms with Gasteiger partial charge >= 0.3 is 0 Å². The van der Waals surface area contributed by atoms with Crippen molar-refractivity contribution >= 4 is 28.2 Å². The maximum absolute atomic E-state index is 5.96. The summed E-state index contributed by atoms with van der Waals surface area (Å²) in [6.07, 6.45) is 1.57. The Balaban J connectivity index is 0.000000461. The van der Waals surface area contributed by atoms with Gasteiger partial charge in [-0.1, -0.05) is 43.6 Å². The number of nitrogen functional groups attached to an aromatic ring is 1. The van der Waals surface area contributed by atoms with Crippen LogP contribution in [0.1, 0.15) is 13.8 Å². The summed E-state index contributed by atoms with van der Waals surface area (Å²) in [5, 5.41) is 1.49. The molecule has 74 valence electrons. The molecule has 1 heterocycles. The van der Waals surface area contributed by atoms with Gasteiger partial charge in [-0.3, -0.25) is 4.98 Å². The van der Waals surface area contributed by atoms with Crippen LogP contribution in [0.25, 0.3) is 10.9 Å². The molecule has 0 saturated heterocycles. The van der Waals surface area contributed by atoms with E-state index in [2.05, 4.69) is 4.98 Å². The molecule has 0 unspecified atom stereocenters. The summed E-state index contributed by atoms with van der Waals surface area (Å²) in [7, 11) is 0. The summed E-state index contributed by atoms with van der Waals surface area (Å²) in [4.78, 5) is 4.13. The number of halogens is 1. The van der Waals surface area contributed by atoms with Crippen molar-refractivity contribution < 1.29 is 0 Å². The number of nitrogens with zero attached hydrogens (tertiary/aromatic N) is 1. The lowest BCUT2D eigenvalue weighted by atomic mass is 10.2. The highest BCUT2D eigenvalue weighted by atomic mass is 35.5. The highest BCUT2D eigenvalue weighted by molar-refractivity contribution is 6.37. The van der Waals surface area contributed by atoms with Crippen LogP contribution >= 0.6 is 11.6 Å². The van der Waals surface area contributed by atoms with Gasteiger partial charge in [0, 0.05) is 5.39 Å². The molecule has 2 nitrogen and oxygen atoms in total. The van der Waals surface area contributed by atoms with Gasteiger partial charge in [0.1, 0.15) is 0 Å². The van der Waals surface area contributed by atoms with Crippen LogP contribution in [0.4, 0.5) is 5.69 Å². The summed E-state index contributed by atoms with van der Waals surface area (Å²) in [6, 6.07) is 7.64. The summed E-state index contributed by atoms with van der Waals surface area (Å²) in [5.74, 6) is 0. The zero-order valence-corrected chi connectivity index (χ0v) is 9.05. The maximum Gasteiger partial charge on any atom is 0.0745 e. The molecule has 1 aromatic heterocycles. The van der Waals surface area contributed by atoms with Gasteiger partial charge in [0.15, 0.2) is 0 Å². The van der Waals surface area contributed by atoms with Gasteiger partial charge in [0.05, 0.1) is 22.4 Å². The average molecular weight is 209 g/mol. The first-order chi connectivity index (χ1) is 6.79. The van der Waals surface area contributed by atoms with Crippen molar-refractivity contribution in [2.45, 2.75) is 13.8 Å². The van der Waals surface area contributed by atoms with Gasteiger partial charge in [0.2, 0.25) is 0 Å². The van der Waals surface area contributed by atoms with Gasteiger partial charge in [-0.05, 0) is 6.07 Å². The van der Waals surface area contributed by atoms with E-state index < -0.39 is 0 Å². The van der Waals surface area contributed by atoms with E-state index in [1.54, 1.807) is 6.20 Å².